The van der Waals surface area contributed by atoms with Crippen molar-refractivity contribution < 1.29 is 46.8 Å². The van der Waals surface area contributed by atoms with Crippen molar-refractivity contribution in [1.82, 2.24) is 0 Å². The summed E-state index contributed by atoms with van der Waals surface area (Å²) in [5.74, 6) is -1.27. The highest BCUT2D eigenvalue weighted by atomic mass is 127. The molecule has 0 aliphatic carbocycles. The van der Waals surface area contributed by atoms with E-state index in [0.717, 1.165) is 3.57 Å². The molecule has 0 aliphatic rings. The standard InChI is InChI=1S/C7H4I2O3.C4H11NO3.Al.3H2O/c8-3-1-4(7(11)12)6(10)5(9)2-3;5-4(1-6,2-7)3-8;;;;/h1-2,10H,(H,11,12);6-8H,1-3,5H2;;3*1H2. The lowest BCUT2D eigenvalue weighted by atomic mass is 10.1. The van der Waals surface area contributed by atoms with Crippen LogP contribution in [0, 0.1) is 7.14 Å². The van der Waals surface area contributed by atoms with E-state index in [2.05, 4.69) is 0 Å². The van der Waals surface area contributed by atoms with Crippen molar-refractivity contribution in [3.8, 4) is 5.75 Å². The van der Waals surface area contributed by atoms with E-state index in [0.29, 0.717) is 3.57 Å². The van der Waals surface area contributed by atoms with E-state index in [1.807, 2.05) is 45.2 Å². The normalized spacial score (nSPS) is 8.92. The summed E-state index contributed by atoms with van der Waals surface area (Å²) in [7, 11) is 0. The molecule has 0 fully saturated rings. The number of phenols is 1. The first-order valence-corrected chi connectivity index (χ1v) is 7.39. The molecule has 0 amide bonds. The van der Waals surface area contributed by atoms with Gasteiger partial charge in [-0.2, -0.15) is 0 Å². The molecule has 0 aliphatic heterocycles. The molecule has 3 radical (unpaired) electrons. The van der Waals surface area contributed by atoms with Gasteiger partial charge in [-0.05, 0) is 57.3 Å². The maximum atomic E-state index is 10.6. The second-order valence-electron chi connectivity index (χ2n) is 3.93. The van der Waals surface area contributed by atoms with Crippen LogP contribution in [0.4, 0.5) is 0 Å². The second-order valence-corrected chi connectivity index (χ2v) is 6.33. The van der Waals surface area contributed by atoms with Crippen LogP contribution >= 0.6 is 45.2 Å². The van der Waals surface area contributed by atoms with Crippen molar-refractivity contribution >= 4 is 68.5 Å². The van der Waals surface area contributed by atoms with Gasteiger partial charge in [-0.15, -0.1) is 0 Å². The van der Waals surface area contributed by atoms with Gasteiger partial charge >= 0.3 is 5.97 Å². The number of carboxylic acid groups (broad SMARTS) is 1. The molecule has 13 N–H and O–H groups in total. The van der Waals surface area contributed by atoms with E-state index in [1.165, 1.54) is 6.07 Å². The first-order valence-electron chi connectivity index (χ1n) is 5.23. The van der Waals surface area contributed by atoms with Crippen LogP contribution in [0.5, 0.6) is 5.75 Å². The van der Waals surface area contributed by atoms with Crippen LogP contribution in [0.1, 0.15) is 10.4 Å². The van der Waals surface area contributed by atoms with E-state index in [9.17, 15) is 9.90 Å². The highest BCUT2D eigenvalue weighted by Crippen LogP contribution is 2.26. The number of aliphatic hydroxyl groups is 3. The number of hydrogen-bond donors (Lipinski definition) is 6. The lowest BCUT2D eigenvalue weighted by molar-refractivity contribution is 0.0689. The number of halogens is 2. The molecule has 0 saturated heterocycles. The maximum Gasteiger partial charge on any atom is 0.339 e. The van der Waals surface area contributed by atoms with Gasteiger partial charge in [-0.3, -0.25) is 0 Å². The zero-order valence-electron chi connectivity index (χ0n) is 12.3. The molecule has 10 nitrogen and oxygen atoms in total. The first-order chi connectivity index (χ1) is 9.20. The molecule has 1 rings (SSSR count). The number of rotatable bonds is 4. The minimum Gasteiger partial charge on any atom is -0.506 e. The van der Waals surface area contributed by atoms with Crippen molar-refractivity contribution in [3.63, 3.8) is 0 Å². The second kappa shape index (κ2) is 16.7. The Hall–Kier alpha value is 0.202. The summed E-state index contributed by atoms with van der Waals surface area (Å²) in [6.07, 6.45) is 0. The van der Waals surface area contributed by atoms with E-state index in [-0.39, 0.29) is 45.1 Å². The number of hydrogen-bond acceptors (Lipinski definition) is 6. The summed E-state index contributed by atoms with van der Waals surface area (Å²) in [5, 5.41) is 43.0. The van der Waals surface area contributed by atoms with Crippen LogP contribution in [0.15, 0.2) is 12.1 Å². The third-order valence-electron chi connectivity index (χ3n) is 2.20. The number of carboxylic acids is 1. The summed E-state index contributed by atoms with van der Waals surface area (Å²) in [4.78, 5) is 10.6. The maximum absolute atomic E-state index is 10.6. The number of aliphatic hydroxyl groups excluding tert-OH is 3. The number of benzene rings is 1. The molecule has 0 saturated carbocycles. The average Bonchev–Trinajstić information content (AvgIpc) is 2.42. The summed E-state index contributed by atoms with van der Waals surface area (Å²) >= 11 is 3.89. The molecule has 0 aromatic heterocycles. The average molecular weight is 592 g/mol. The Morgan fingerprint density at radius 3 is 1.67 bits per heavy atom. The monoisotopic (exact) mass is 592 g/mol. The van der Waals surface area contributed by atoms with Gasteiger partial charge in [0.25, 0.3) is 0 Å². The van der Waals surface area contributed by atoms with E-state index >= 15 is 0 Å². The van der Waals surface area contributed by atoms with Gasteiger partial charge in [-0.25, -0.2) is 4.79 Å². The number of aromatic hydroxyl groups is 1. The van der Waals surface area contributed by atoms with Crippen molar-refractivity contribution in [1.29, 1.82) is 0 Å². The van der Waals surface area contributed by atoms with Crippen LogP contribution in [-0.4, -0.2) is 90.7 Å². The molecular formula is C11H21AlI2NO9. The van der Waals surface area contributed by atoms with Gasteiger partial charge in [0.15, 0.2) is 0 Å². The summed E-state index contributed by atoms with van der Waals surface area (Å²) in [6, 6.07) is 3.14. The molecule has 0 bridgehead atoms. The lowest BCUT2D eigenvalue weighted by Gasteiger charge is -2.20. The summed E-state index contributed by atoms with van der Waals surface area (Å²) < 4.78 is 1.35. The SMILES string of the molecule is NC(CO)(CO)CO.O.O.O.O=C(O)c1cc(I)cc(I)c1O.[Al]. The molecule has 24 heavy (non-hydrogen) atoms. The summed E-state index contributed by atoms with van der Waals surface area (Å²) in [6.45, 7) is -1.21. The minimum absolute atomic E-state index is 0. The smallest absolute Gasteiger partial charge is 0.339 e. The molecule has 1 aromatic carbocycles. The van der Waals surface area contributed by atoms with Crippen molar-refractivity contribution in [2.45, 2.75) is 5.54 Å². The number of aromatic carboxylic acids is 1. The van der Waals surface area contributed by atoms with Crippen molar-refractivity contribution in [3.05, 3.63) is 24.8 Å². The van der Waals surface area contributed by atoms with Crippen molar-refractivity contribution in [2.75, 3.05) is 19.8 Å². The molecule has 141 valence electrons. The topological polar surface area (TPSA) is 239 Å². The highest BCUT2D eigenvalue weighted by Gasteiger charge is 2.20. The van der Waals surface area contributed by atoms with E-state index in [4.69, 9.17) is 26.2 Å². The molecular weight excluding hydrogens is 571 g/mol. The van der Waals surface area contributed by atoms with Gasteiger partial charge in [0, 0.05) is 20.9 Å². The third-order valence-corrected chi connectivity index (χ3v) is 3.65. The Labute approximate surface area is 176 Å². The fourth-order valence-electron chi connectivity index (χ4n) is 0.879. The molecule has 0 unspecified atom stereocenters. The molecule has 0 spiro atoms. The van der Waals surface area contributed by atoms with Gasteiger partial charge in [0.1, 0.15) is 11.3 Å². The molecule has 0 heterocycles. The fraction of sp³-hybridized carbons (Fsp3) is 0.364. The Kier molecular flexibility index (Phi) is 24.5. The predicted molar refractivity (Wildman–Crippen MR) is 105 cm³/mol. The number of nitrogens with two attached hydrogens (primary N) is 1. The Balaban J connectivity index is -0.0000000910. The van der Waals surface area contributed by atoms with E-state index in [1.54, 1.807) is 6.07 Å². The first kappa shape index (κ1) is 35.3. The quantitative estimate of drug-likeness (QED) is 0.157. The van der Waals surface area contributed by atoms with Crippen molar-refractivity contribution in [2.24, 2.45) is 5.73 Å². The van der Waals surface area contributed by atoms with Crippen LogP contribution in [0.3, 0.4) is 0 Å². The summed E-state index contributed by atoms with van der Waals surface area (Å²) in [5.41, 5.74) is 3.89. The van der Waals surface area contributed by atoms with Gasteiger partial charge in [-0.1, -0.05) is 0 Å². The Morgan fingerprint density at radius 2 is 1.42 bits per heavy atom. The van der Waals surface area contributed by atoms with Crippen LogP contribution in [0.2, 0.25) is 0 Å². The van der Waals surface area contributed by atoms with Crippen LogP contribution in [0.25, 0.3) is 0 Å². The zero-order chi connectivity index (χ0) is 15.9. The van der Waals surface area contributed by atoms with Crippen LogP contribution in [-0.2, 0) is 0 Å². The highest BCUT2D eigenvalue weighted by molar-refractivity contribution is 14.1. The Bertz CT molecular complexity index is 467. The lowest BCUT2D eigenvalue weighted by Crippen LogP contribution is -2.50. The number of carbonyl (C=O) groups is 1. The molecule has 13 heteroatoms. The molecule has 0 atom stereocenters. The van der Waals surface area contributed by atoms with E-state index < -0.39 is 31.3 Å². The fourth-order valence-corrected chi connectivity index (χ4v) is 2.72. The Morgan fingerprint density at radius 1 is 1.04 bits per heavy atom. The molecule has 1 aromatic rings. The van der Waals surface area contributed by atoms with Gasteiger partial charge in [0.05, 0.1) is 28.9 Å². The largest absolute Gasteiger partial charge is 0.506 e. The van der Waals surface area contributed by atoms with Gasteiger partial charge < -0.3 is 47.7 Å². The minimum atomic E-state index is -1.21. The van der Waals surface area contributed by atoms with Gasteiger partial charge in [0.2, 0.25) is 0 Å². The zero-order valence-corrected chi connectivity index (χ0v) is 17.8. The predicted octanol–water partition coefficient (Wildman–Crippen LogP) is -2.89. The van der Waals surface area contributed by atoms with Crippen LogP contribution < -0.4 is 5.73 Å². The third kappa shape index (κ3) is 11.7.